The van der Waals surface area contributed by atoms with Crippen LogP contribution in [0, 0.1) is 24.2 Å². The lowest BCUT2D eigenvalue weighted by Crippen LogP contribution is -2.32. The van der Waals surface area contributed by atoms with Gasteiger partial charge < -0.3 is 9.47 Å². The van der Waals surface area contributed by atoms with E-state index in [1.807, 2.05) is 13.0 Å². The van der Waals surface area contributed by atoms with Gasteiger partial charge in [-0.15, -0.1) is 0 Å². The van der Waals surface area contributed by atoms with E-state index in [1.54, 1.807) is 50.2 Å². The zero-order valence-corrected chi connectivity index (χ0v) is 20.5. The van der Waals surface area contributed by atoms with Crippen LogP contribution in [0.3, 0.4) is 0 Å². The topological polar surface area (TPSA) is 114 Å². The molecule has 2 aromatic carbocycles. The van der Waals surface area contributed by atoms with Crippen LogP contribution in [0.25, 0.3) is 0 Å². The molecular weight excluding hydrogens is 456 g/mol. The van der Waals surface area contributed by atoms with E-state index in [4.69, 9.17) is 9.47 Å². The molecule has 0 aliphatic heterocycles. The van der Waals surface area contributed by atoms with E-state index >= 15 is 0 Å². The molecule has 2 rings (SSSR count). The van der Waals surface area contributed by atoms with Crippen molar-refractivity contribution in [3.8, 4) is 6.07 Å². The molecule has 0 aliphatic rings. The summed E-state index contributed by atoms with van der Waals surface area (Å²) in [6.45, 7) is 5.83. The summed E-state index contributed by atoms with van der Waals surface area (Å²) < 4.78 is 38.1. The van der Waals surface area contributed by atoms with Gasteiger partial charge in [0.1, 0.15) is 5.92 Å². The van der Waals surface area contributed by atoms with Gasteiger partial charge in [0, 0.05) is 6.54 Å². The molecular formula is C25H30N2O6S. The molecule has 1 atom stereocenters. The van der Waals surface area contributed by atoms with Crippen LogP contribution in [0.15, 0.2) is 53.4 Å². The predicted molar refractivity (Wildman–Crippen MR) is 128 cm³/mol. The molecule has 0 aliphatic carbocycles. The lowest BCUT2D eigenvalue weighted by atomic mass is 10.0. The summed E-state index contributed by atoms with van der Waals surface area (Å²) in [6.07, 6.45) is 1.15. The number of anilines is 1. The Labute approximate surface area is 201 Å². The molecule has 0 amide bonds. The standard InChI is InChI=1S/C25H30N2O6S/c1-4-32-24(28)20-11-13-22(14-12-20)27(34(30,31)23-15-9-19(3)10-16-23)17-7-6-8-21(18-26)25(29)33-5-2/h9-16,21H,4-8,17H2,1-3H3. The molecule has 0 spiro atoms. The van der Waals surface area contributed by atoms with Crippen molar-refractivity contribution in [2.75, 3.05) is 24.1 Å². The molecule has 0 bridgehead atoms. The van der Waals surface area contributed by atoms with Crippen LogP contribution in [-0.2, 0) is 24.3 Å². The molecule has 0 N–H and O–H groups in total. The minimum Gasteiger partial charge on any atom is -0.465 e. The number of carbonyl (C=O) groups excluding carboxylic acids is 2. The summed E-state index contributed by atoms with van der Waals surface area (Å²) in [5.41, 5.74) is 1.66. The van der Waals surface area contributed by atoms with Gasteiger partial charge in [-0.2, -0.15) is 5.26 Å². The van der Waals surface area contributed by atoms with Gasteiger partial charge in [0.15, 0.2) is 0 Å². The largest absolute Gasteiger partial charge is 0.465 e. The molecule has 0 aromatic heterocycles. The Balaban J connectivity index is 2.24. The lowest BCUT2D eigenvalue weighted by molar-refractivity contribution is -0.146. The predicted octanol–water partition coefficient (Wildman–Crippen LogP) is 4.24. The fraction of sp³-hybridized carbons (Fsp3) is 0.400. The number of nitrogens with zero attached hydrogens (tertiary/aromatic N) is 2. The van der Waals surface area contributed by atoms with E-state index in [1.165, 1.54) is 16.4 Å². The summed E-state index contributed by atoms with van der Waals surface area (Å²) in [5.74, 6) is -1.93. The van der Waals surface area contributed by atoms with Gasteiger partial charge in [-0.1, -0.05) is 17.7 Å². The average molecular weight is 487 g/mol. The van der Waals surface area contributed by atoms with Crippen LogP contribution in [0.4, 0.5) is 5.69 Å². The monoisotopic (exact) mass is 486 g/mol. The van der Waals surface area contributed by atoms with Crippen molar-refractivity contribution in [1.82, 2.24) is 0 Å². The van der Waals surface area contributed by atoms with Crippen LogP contribution in [0.2, 0.25) is 0 Å². The number of aryl methyl sites for hydroxylation is 1. The second-order valence-electron chi connectivity index (χ2n) is 7.59. The number of sulfonamides is 1. The Morgan fingerprint density at radius 2 is 1.59 bits per heavy atom. The Bertz CT molecular complexity index is 1110. The van der Waals surface area contributed by atoms with Gasteiger partial charge in [-0.25, -0.2) is 13.2 Å². The maximum Gasteiger partial charge on any atom is 0.338 e. The van der Waals surface area contributed by atoms with Crippen molar-refractivity contribution in [3.63, 3.8) is 0 Å². The van der Waals surface area contributed by atoms with Crippen LogP contribution in [0.5, 0.6) is 0 Å². The van der Waals surface area contributed by atoms with Crippen molar-refractivity contribution in [1.29, 1.82) is 5.26 Å². The van der Waals surface area contributed by atoms with E-state index in [0.717, 1.165) is 5.56 Å². The van der Waals surface area contributed by atoms with E-state index < -0.39 is 27.9 Å². The quantitative estimate of drug-likeness (QED) is 0.326. The third-order valence-corrected chi connectivity index (χ3v) is 6.95. The highest BCUT2D eigenvalue weighted by molar-refractivity contribution is 7.92. The van der Waals surface area contributed by atoms with Gasteiger partial charge in [0.25, 0.3) is 10.0 Å². The van der Waals surface area contributed by atoms with E-state index in [-0.39, 0.29) is 31.1 Å². The Hall–Kier alpha value is -3.38. The van der Waals surface area contributed by atoms with Crippen LogP contribution in [0.1, 0.15) is 49.0 Å². The maximum absolute atomic E-state index is 13.5. The zero-order chi connectivity index (χ0) is 25.1. The summed E-state index contributed by atoms with van der Waals surface area (Å²) in [7, 11) is -3.88. The third kappa shape index (κ3) is 7.06. The summed E-state index contributed by atoms with van der Waals surface area (Å²) in [5, 5.41) is 9.22. The highest BCUT2D eigenvalue weighted by atomic mass is 32.2. The number of benzene rings is 2. The Morgan fingerprint density at radius 1 is 0.971 bits per heavy atom. The third-order valence-electron chi connectivity index (χ3n) is 5.11. The molecule has 0 radical (unpaired) electrons. The molecule has 2 aromatic rings. The summed E-state index contributed by atoms with van der Waals surface area (Å²) in [4.78, 5) is 24.0. The van der Waals surface area contributed by atoms with Crippen molar-refractivity contribution in [2.45, 2.75) is 44.9 Å². The molecule has 9 heteroatoms. The highest BCUT2D eigenvalue weighted by Gasteiger charge is 2.25. The molecule has 0 heterocycles. The molecule has 0 saturated heterocycles. The van der Waals surface area contributed by atoms with Crippen LogP contribution >= 0.6 is 0 Å². The number of rotatable bonds is 12. The number of carbonyl (C=O) groups is 2. The number of esters is 2. The number of nitriles is 1. The molecule has 1 unspecified atom stereocenters. The molecule has 182 valence electrons. The second-order valence-corrected chi connectivity index (χ2v) is 9.45. The fourth-order valence-corrected chi connectivity index (χ4v) is 4.79. The smallest absolute Gasteiger partial charge is 0.338 e. The Morgan fingerprint density at radius 3 is 2.15 bits per heavy atom. The van der Waals surface area contributed by atoms with Gasteiger partial charge >= 0.3 is 11.9 Å². The summed E-state index contributed by atoms with van der Waals surface area (Å²) in [6, 6.07) is 14.7. The first kappa shape index (κ1) is 26.9. The van der Waals surface area contributed by atoms with Crippen LogP contribution < -0.4 is 4.31 Å². The zero-order valence-electron chi connectivity index (χ0n) is 19.7. The van der Waals surface area contributed by atoms with Crippen molar-refractivity contribution in [2.24, 2.45) is 5.92 Å². The second kappa shape index (κ2) is 12.8. The lowest BCUT2D eigenvalue weighted by Gasteiger charge is -2.25. The van der Waals surface area contributed by atoms with Gasteiger partial charge in [0.05, 0.1) is 35.4 Å². The highest BCUT2D eigenvalue weighted by Crippen LogP contribution is 2.26. The number of hydrogen-bond donors (Lipinski definition) is 0. The summed E-state index contributed by atoms with van der Waals surface area (Å²) >= 11 is 0. The Kier molecular flexibility index (Phi) is 10.1. The number of hydrogen-bond acceptors (Lipinski definition) is 7. The molecule has 8 nitrogen and oxygen atoms in total. The minimum atomic E-state index is -3.88. The van der Waals surface area contributed by atoms with Crippen molar-refractivity contribution in [3.05, 3.63) is 59.7 Å². The first-order valence-corrected chi connectivity index (χ1v) is 12.6. The number of ether oxygens (including phenoxy) is 2. The first-order valence-electron chi connectivity index (χ1n) is 11.2. The van der Waals surface area contributed by atoms with E-state index in [9.17, 15) is 23.3 Å². The maximum atomic E-state index is 13.5. The van der Waals surface area contributed by atoms with Gasteiger partial charge in [-0.3, -0.25) is 9.10 Å². The molecule has 34 heavy (non-hydrogen) atoms. The average Bonchev–Trinajstić information content (AvgIpc) is 2.82. The SMILES string of the molecule is CCOC(=O)c1ccc(N(CCCCC(C#N)C(=O)OCC)S(=O)(=O)c2ccc(C)cc2)cc1. The van der Waals surface area contributed by atoms with Crippen LogP contribution in [-0.4, -0.2) is 40.1 Å². The van der Waals surface area contributed by atoms with Crippen molar-refractivity contribution < 1.29 is 27.5 Å². The minimum absolute atomic E-state index is 0.135. The van der Waals surface area contributed by atoms with E-state index in [0.29, 0.717) is 24.1 Å². The fourth-order valence-electron chi connectivity index (χ4n) is 3.29. The van der Waals surface area contributed by atoms with E-state index in [2.05, 4.69) is 0 Å². The first-order chi connectivity index (χ1) is 16.2. The van der Waals surface area contributed by atoms with Gasteiger partial charge in [0.2, 0.25) is 0 Å². The van der Waals surface area contributed by atoms with Crippen molar-refractivity contribution >= 4 is 27.6 Å². The normalized spacial score (nSPS) is 11.8. The molecule has 0 fully saturated rings. The number of unbranched alkanes of at least 4 members (excludes halogenated alkanes) is 1. The molecule has 0 saturated carbocycles. The van der Waals surface area contributed by atoms with Gasteiger partial charge in [-0.05, 0) is 76.4 Å².